The zero-order valence-corrected chi connectivity index (χ0v) is 37.8. The first-order valence-corrected chi connectivity index (χ1v) is 22.8. The van der Waals surface area contributed by atoms with E-state index in [1.807, 2.05) is 68.4 Å². The maximum Gasteiger partial charge on any atom is 0.500 e. The monoisotopic (exact) mass is 866 g/mol. The van der Waals surface area contributed by atoms with E-state index in [4.69, 9.17) is 34.1 Å². The van der Waals surface area contributed by atoms with E-state index in [1.54, 1.807) is 25.1 Å². The molecule has 1 aliphatic carbocycles. The summed E-state index contributed by atoms with van der Waals surface area (Å²) in [7, 11) is 2.97. The van der Waals surface area contributed by atoms with Crippen molar-refractivity contribution < 1.29 is 51.8 Å². The lowest BCUT2D eigenvalue weighted by atomic mass is 9.70. The van der Waals surface area contributed by atoms with E-state index in [0.717, 1.165) is 11.1 Å². The average molecular weight is 867 g/mol. The molecule has 1 N–H and O–H groups in total. The quantitative estimate of drug-likeness (QED) is 0.0178. The highest BCUT2D eigenvalue weighted by Gasteiger charge is 2.43. The summed E-state index contributed by atoms with van der Waals surface area (Å²) in [6.45, 7) is 13.0. The Morgan fingerprint density at radius 3 is 2.15 bits per heavy atom. The van der Waals surface area contributed by atoms with Gasteiger partial charge in [0.2, 0.25) is 0 Å². The maximum absolute atomic E-state index is 14.2. The molecule has 4 atom stereocenters. The maximum atomic E-state index is 14.2. The van der Waals surface area contributed by atoms with E-state index in [0.29, 0.717) is 65.1 Å². The largest absolute Gasteiger partial charge is 0.500 e. The smallest absolute Gasteiger partial charge is 0.469 e. The number of Topliss-reactive ketones (excluding diaryl/α,β-unsaturated/α-hetero) is 1. The van der Waals surface area contributed by atoms with Crippen molar-refractivity contribution >= 4 is 38.1 Å². The van der Waals surface area contributed by atoms with Crippen LogP contribution in [0.4, 0.5) is 0 Å². The van der Waals surface area contributed by atoms with Gasteiger partial charge in [-0.15, -0.1) is 0 Å². The number of ether oxygens (including phenoxy) is 3. The van der Waals surface area contributed by atoms with Crippen LogP contribution in [0, 0.1) is 35.2 Å². The van der Waals surface area contributed by atoms with Gasteiger partial charge in [0.15, 0.2) is 0 Å². The predicted octanol–water partition coefficient (Wildman–Crippen LogP) is 8.47. The second-order valence-electron chi connectivity index (χ2n) is 15.8. The SMILES string of the molecule is [C-]#[N+]C(C#N)=C1c2ccccc2-c2c(C(=O)OCc3ccc(C(CC(C)C(=O)CCCO)CC(C)(CC(CC)C(=O)OC)C(=O)OCCC[Si](OC)(OC)OC)cc3)cccc21. The number of hydrogen-bond donors (Lipinski definition) is 1. The third-order valence-electron chi connectivity index (χ3n) is 11.8. The molecule has 0 saturated heterocycles. The molecule has 0 saturated carbocycles. The molecule has 1 aliphatic rings. The molecule has 0 spiro atoms. The summed E-state index contributed by atoms with van der Waals surface area (Å²) in [5, 5.41) is 19.1. The molecule has 0 radical (unpaired) electrons. The molecule has 14 heteroatoms. The van der Waals surface area contributed by atoms with Gasteiger partial charge in [0.25, 0.3) is 5.70 Å². The highest BCUT2D eigenvalue weighted by Crippen LogP contribution is 2.48. The molecular weight excluding hydrogens is 809 g/mol. The Kier molecular flexibility index (Phi) is 18.3. The topological polar surface area (TPSA) is 172 Å². The Bertz CT molecular complexity index is 2150. The number of benzene rings is 3. The van der Waals surface area contributed by atoms with Crippen LogP contribution in [0.15, 0.2) is 72.4 Å². The molecule has 4 unspecified atom stereocenters. The van der Waals surface area contributed by atoms with Crippen LogP contribution in [0.25, 0.3) is 21.5 Å². The highest BCUT2D eigenvalue weighted by atomic mass is 28.4. The predicted molar refractivity (Wildman–Crippen MR) is 234 cm³/mol. The number of aliphatic hydroxyl groups excluding tert-OH is 1. The van der Waals surface area contributed by atoms with Crippen LogP contribution < -0.4 is 0 Å². The Labute approximate surface area is 366 Å². The van der Waals surface area contributed by atoms with Crippen molar-refractivity contribution in [3.8, 4) is 17.2 Å². The summed E-state index contributed by atoms with van der Waals surface area (Å²) >= 11 is 0. The molecule has 0 amide bonds. The second kappa shape index (κ2) is 23.1. The number of nitrogens with zero attached hydrogens (tertiary/aromatic N) is 2. The van der Waals surface area contributed by atoms with E-state index in [-0.39, 0.29) is 56.5 Å². The van der Waals surface area contributed by atoms with E-state index < -0.39 is 44.0 Å². The molecular formula is C48H58N2O11Si. The number of nitriles is 1. The van der Waals surface area contributed by atoms with Gasteiger partial charge in [-0.1, -0.05) is 74.5 Å². The minimum Gasteiger partial charge on any atom is -0.469 e. The normalized spacial score (nSPS) is 15.1. The van der Waals surface area contributed by atoms with E-state index in [1.165, 1.54) is 28.4 Å². The van der Waals surface area contributed by atoms with Crippen molar-refractivity contribution in [2.24, 2.45) is 17.3 Å². The molecule has 3 aromatic carbocycles. The summed E-state index contributed by atoms with van der Waals surface area (Å²) in [5.74, 6) is -2.82. The summed E-state index contributed by atoms with van der Waals surface area (Å²) in [6, 6.07) is 22.4. The number of fused-ring (bicyclic) bond motifs is 3. The van der Waals surface area contributed by atoms with Crippen LogP contribution in [0.5, 0.6) is 0 Å². The third kappa shape index (κ3) is 11.7. The standard InChI is InChI=1S/C48H58N2O11Si/c1-9-34(45(53)56-5)28-48(3,47(55)60-25-14-26-62(57-6,58-7)59-8)29-36(27-32(2)42(52)19-13-24-51)35-22-20-33(21-23-35)31-61-46(54)40-18-12-17-39-43(40)37-15-10-11-16-38(37)44(39)41(30-49)50-4/h10-12,15-18,20-23,32,34,36,51H,9,13-14,19,24-29,31H2,1-3,5-8H3. The fraction of sp³-hybridized carbons (Fsp3) is 0.458. The number of carbonyl (C=O) groups excluding carboxylic acids is 4. The first-order valence-electron chi connectivity index (χ1n) is 20.8. The van der Waals surface area contributed by atoms with E-state index in [9.17, 15) is 29.5 Å². The lowest BCUT2D eigenvalue weighted by Crippen LogP contribution is -2.43. The van der Waals surface area contributed by atoms with Crippen molar-refractivity contribution in [3.05, 3.63) is 112 Å². The van der Waals surface area contributed by atoms with Crippen LogP contribution in [0.2, 0.25) is 6.04 Å². The van der Waals surface area contributed by atoms with Crippen molar-refractivity contribution in [2.45, 2.75) is 84.3 Å². The zero-order valence-electron chi connectivity index (χ0n) is 36.8. The number of methoxy groups -OCH3 is 1. The Morgan fingerprint density at radius 1 is 0.887 bits per heavy atom. The van der Waals surface area contributed by atoms with E-state index >= 15 is 0 Å². The molecule has 13 nitrogen and oxygen atoms in total. The Morgan fingerprint density at radius 2 is 1.55 bits per heavy atom. The summed E-state index contributed by atoms with van der Waals surface area (Å²) in [4.78, 5) is 57.5. The number of allylic oxidation sites excluding steroid dienone is 1. The second-order valence-corrected chi connectivity index (χ2v) is 18.9. The van der Waals surface area contributed by atoms with Crippen LogP contribution in [0.3, 0.4) is 0 Å². The van der Waals surface area contributed by atoms with Crippen molar-refractivity contribution in [1.29, 1.82) is 5.26 Å². The molecule has 0 aliphatic heterocycles. The van der Waals surface area contributed by atoms with Crippen molar-refractivity contribution in [3.63, 3.8) is 0 Å². The van der Waals surface area contributed by atoms with Gasteiger partial charge in [-0.05, 0) is 85.3 Å². The highest BCUT2D eigenvalue weighted by molar-refractivity contribution is 6.60. The molecule has 3 aromatic rings. The Balaban J connectivity index is 1.62. The van der Waals surface area contributed by atoms with Crippen LogP contribution in [0.1, 0.15) is 104 Å². The molecule has 4 rings (SSSR count). The lowest BCUT2D eigenvalue weighted by Gasteiger charge is -2.34. The Hall–Kier alpha value is -5.48. The summed E-state index contributed by atoms with van der Waals surface area (Å²) in [6.07, 6.45) is 2.21. The van der Waals surface area contributed by atoms with Gasteiger partial charge in [0, 0.05) is 57.5 Å². The molecule has 62 heavy (non-hydrogen) atoms. The van der Waals surface area contributed by atoms with Gasteiger partial charge in [0.1, 0.15) is 12.4 Å². The molecule has 0 fully saturated rings. The van der Waals surface area contributed by atoms with Gasteiger partial charge in [-0.2, -0.15) is 0 Å². The minimum atomic E-state index is -2.90. The zero-order chi connectivity index (χ0) is 45.5. The number of aliphatic hydroxyl groups is 1. The summed E-state index contributed by atoms with van der Waals surface area (Å²) < 4.78 is 33.4. The first-order chi connectivity index (χ1) is 29.8. The number of esters is 3. The van der Waals surface area contributed by atoms with E-state index in [2.05, 4.69) is 4.85 Å². The van der Waals surface area contributed by atoms with Gasteiger partial charge in [-0.3, -0.25) is 14.4 Å². The summed E-state index contributed by atoms with van der Waals surface area (Å²) in [5.41, 5.74) is 3.76. The van der Waals surface area contributed by atoms with Crippen LogP contribution in [-0.4, -0.2) is 79.3 Å². The van der Waals surface area contributed by atoms with Gasteiger partial charge >= 0.3 is 26.7 Å². The van der Waals surface area contributed by atoms with Crippen molar-refractivity contribution in [2.75, 3.05) is 41.7 Å². The average Bonchev–Trinajstić information content (AvgIpc) is 3.63. The van der Waals surface area contributed by atoms with Crippen LogP contribution in [-0.2, 0) is 48.5 Å². The molecule has 330 valence electrons. The van der Waals surface area contributed by atoms with Crippen molar-refractivity contribution in [1.82, 2.24) is 0 Å². The number of rotatable bonds is 24. The molecule has 0 aromatic heterocycles. The van der Waals surface area contributed by atoms with Crippen LogP contribution >= 0.6 is 0 Å². The first kappa shape index (κ1) is 49.2. The van der Waals surface area contributed by atoms with Gasteiger partial charge in [-0.25, -0.2) is 14.9 Å². The minimum absolute atomic E-state index is 0.00416. The lowest BCUT2D eigenvalue weighted by molar-refractivity contribution is -0.159. The van der Waals surface area contributed by atoms with Gasteiger partial charge in [0.05, 0.1) is 43.3 Å². The third-order valence-corrected chi connectivity index (χ3v) is 14.6. The fourth-order valence-corrected chi connectivity index (χ4v) is 9.96. The number of carbonyl (C=O) groups is 4. The number of hydrogen-bond acceptors (Lipinski definition) is 12. The van der Waals surface area contributed by atoms with Gasteiger partial charge < -0.3 is 32.6 Å². The molecule has 0 bridgehead atoms. The number of ketones is 1. The fourth-order valence-electron chi connectivity index (χ4n) is 8.27. The molecule has 0 heterocycles.